The standard InChI is InChI=1S/C21H30N10O20P4/c32-12-8(1-46-54(42,43)50-52(36,37)38)48-20(14(12)34)30-6-28-10-16(24-4-26-18(10)30)22-3-23-17-11-19(27-5-25-17)31(7-29-11)21-15(35)13(33)9(49-21)2-47-55(44,45)51-53(39,40)41/h4-9,12-15,20-21,32-35H,1-3H2,(H,42,43)(H,44,45)(H,22,24,26)(H,23,25,27)(H2,36,37,38)(H2,39,40,41)/t8-,9-,12-,13-,14-,15-,20-,21-/m1/s1. The molecule has 6 rings (SSSR count). The van der Waals surface area contributed by atoms with Crippen molar-refractivity contribution in [3.63, 3.8) is 0 Å². The average molecular weight is 866 g/mol. The van der Waals surface area contributed by atoms with Crippen molar-refractivity contribution in [1.82, 2.24) is 39.0 Å². The van der Waals surface area contributed by atoms with E-state index in [0.717, 1.165) is 12.7 Å². The van der Waals surface area contributed by atoms with Gasteiger partial charge in [-0.3, -0.25) is 18.2 Å². The summed E-state index contributed by atoms with van der Waals surface area (Å²) in [5, 5.41) is 48.1. The van der Waals surface area contributed by atoms with Crippen LogP contribution in [-0.4, -0.2) is 145 Å². The van der Waals surface area contributed by atoms with E-state index < -0.39 is 93.6 Å². The van der Waals surface area contributed by atoms with E-state index >= 15 is 0 Å². The highest BCUT2D eigenvalue weighted by molar-refractivity contribution is 7.61. The van der Waals surface area contributed by atoms with Crippen LogP contribution < -0.4 is 10.6 Å². The third kappa shape index (κ3) is 9.58. The monoisotopic (exact) mass is 866 g/mol. The molecule has 10 atom stereocenters. The molecule has 304 valence electrons. The zero-order valence-corrected chi connectivity index (χ0v) is 30.5. The van der Waals surface area contributed by atoms with Crippen LogP contribution in [0.15, 0.2) is 25.3 Å². The molecule has 30 nitrogen and oxygen atoms in total. The second-order valence-corrected chi connectivity index (χ2v) is 17.0. The highest BCUT2D eigenvalue weighted by atomic mass is 31.3. The zero-order chi connectivity index (χ0) is 40.1. The lowest BCUT2D eigenvalue weighted by Gasteiger charge is -2.17. The summed E-state index contributed by atoms with van der Waals surface area (Å²) in [5.41, 5.74) is 0.481. The molecule has 0 bridgehead atoms. The molecule has 2 aliphatic rings. The molecule has 12 N–H and O–H groups in total. The Balaban J connectivity index is 1.10. The van der Waals surface area contributed by atoms with Gasteiger partial charge in [-0.05, 0) is 0 Å². The van der Waals surface area contributed by atoms with Crippen molar-refractivity contribution >= 4 is 65.3 Å². The topological polar surface area (TPSA) is 437 Å². The second kappa shape index (κ2) is 15.7. The number of phosphoric ester groups is 2. The van der Waals surface area contributed by atoms with E-state index in [4.69, 9.17) is 29.0 Å². The number of hydrogen-bond donors (Lipinski definition) is 12. The Morgan fingerprint density at radius 1 is 0.600 bits per heavy atom. The molecule has 0 radical (unpaired) electrons. The van der Waals surface area contributed by atoms with Crippen molar-refractivity contribution < 1.29 is 95.2 Å². The number of nitrogens with one attached hydrogen (secondary N) is 2. The number of ether oxygens (including phenoxy) is 2. The molecule has 4 aromatic rings. The van der Waals surface area contributed by atoms with Gasteiger partial charge in [0.15, 0.2) is 46.4 Å². The van der Waals surface area contributed by atoms with Crippen LogP contribution in [0.4, 0.5) is 11.6 Å². The van der Waals surface area contributed by atoms with Gasteiger partial charge in [-0.2, -0.15) is 8.62 Å². The van der Waals surface area contributed by atoms with Crippen LogP contribution in [0.3, 0.4) is 0 Å². The number of aliphatic hydroxyl groups excluding tert-OH is 4. The molecule has 2 saturated heterocycles. The summed E-state index contributed by atoms with van der Waals surface area (Å²) in [4.78, 5) is 79.1. The summed E-state index contributed by atoms with van der Waals surface area (Å²) in [6.45, 7) is -1.93. The Morgan fingerprint density at radius 2 is 0.982 bits per heavy atom. The fraction of sp³-hybridized carbons (Fsp3) is 0.524. The Hall–Kier alpha value is -3.02. The molecule has 0 aromatic carbocycles. The van der Waals surface area contributed by atoms with Gasteiger partial charge in [0.25, 0.3) is 0 Å². The van der Waals surface area contributed by atoms with Gasteiger partial charge in [0.05, 0.1) is 32.5 Å². The van der Waals surface area contributed by atoms with Crippen molar-refractivity contribution in [3.05, 3.63) is 25.3 Å². The van der Waals surface area contributed by atoms with Crippen molar-refractivity contribution in [2.75, 3.05) is 30.5 Å². The van der Waals surface area contributed by atoms with E-state index in [9.17, 15) is 48.5 Å². The molecule has 0 amide bonds. The van der Waals surface area contributed by atoms with Crippen LogP contribution in [0, 0.1) is 0 Å². The van der Waals surface area contributed by atoms with Gasteiger partial charge in [0.1, 0.15) is 49.3 Å². The minimum atomic E-state index is -5.41. The fourth-order valence-electron chi connectivity index (χ4n) is 5.39. The number of anilines is 2. The Kier molecular flexibility index (Phi) is 11.9. The van der Waals surface area contributed by atoms with Crippen molar-refractivity contribution in [2.45, 2.75) is 49.1 Å². The first-order valence-corrected chi connectivity index (χ1v) is 21.0. The number of hydrogen-bond acceptors (Lipinski definition) is 22. The third-order valence-corrected chi connectivity index (χ3v) is 12.0. The molecule has 34 heteroatoms. The van der Waals surface area contributed by atoms with Gasteiger partial charge in [-0.1, -0.05) is 0 Å². The van der Waals surface area contributed by atoms with Crippen molar-refractivity contribution in [2.24, 2.45) is 0 Å². The lowest BCUT2D eigenvalue weighted by molar-refractivity contribution is -0.0503. The number of aliphatic hydroxyl groups is 4. The first-order chi connectivity index (χ1) is 25.6. The molecule has 2 aliphatic heterocycles. The molecule has 4 aromatic heterocycles. The lowest BCUT2D eigenvalue weighted by Crippen LogP contribution is -2.33. The van der Waals surface area contributed by atoms with Crippen LogP contribution in [0.2, 0.25) is 0 Å². The van der Waals surface area contributed by atoms with Crippen molar-refractivity contribution in [1.29, 1.82) is 0 Å². The molecule has 0 aliphatic carbocycles. The van der Waals surface area contributed by atoms with Gasteiger partial charge < -0.3 is 69.9 Å². The first kappa shape index (κ1) is 41.6. The summed E-state index contributed by atoms with van der Waals surface area (Å²) in [7, 11) is -21.4. The summed E-state index contributed by atoms with van der Waals surface area (Å²) in [5.74, 6) is 0.304. The summed E-state index contributed by atoms with van der Waals surface area (Å²) in [6, 6.07) is 0. The van der Waals surface area contributed by atoms with Crippen LogP contribution in [0.25, 0.3) is 22.3 Å². The van der Waals surface area contributed by atoms with Crippen molar-refractivity contribution in [3.8, 4) is 0 Å². The zero-order valence-electron chi connectivity index (χ0n) is 27.0. The van der Waals surface area contributed by atoms with E-state index in [2.05, 4.69) is 58.2 Å². The lowest BCUT2D eigenvalue weighted by atomic mass is 10.1. The summed E-state index contributed by atoms with van der Waals surface area (Å²) in [6.07, 6.45) is -7.75. The van der Waals surface area contributed by atoms with Crippen LogP contribution in [0.5, 0.6) is 0 Å². The molecule has 0 saturated carbocycles. The minimum absolute atomic E-state index is 0.0882. The summed E-state index contributed by atoms with van der Waals surface area (Å²) < 4.78 is 75.4. The van der Waals surface area contributed by atoms with Gasteiger partial charge in [0, 0.05) is 0 Å². The van der Waals surface area contributed by atoms with Crippen LogP contribution in [0.1, 0.15) is 12.5 Å². The molecule has 0 spiro atoms. The fourth-order valence-corrected chi connectivity index (χ4v) is 8.59. The largest absolute Gasteiger partial charge is 0.481 e. The quantitative estimate of drug-likeness (QED) is 0.0398. The van der Waals surface area contributed by atoms with E-state index in [1.807, 2.05) is 0 Å². The molecule has 2 unspecified atom stereocenters. The highest BCUT2D eigenvalue weighted by Crippen LogP contribution is 2.58. The first-order valence-electron chi connectivity index (χ1n) is 15.0. The second-order valence-electron chi connectivity index (χ2n) is 11.4. The molecular weight excluding hydrogens is 836 g/mol. The summed E-state index contributed by atoms with van der Waals surface area (Å²) >= 11 is 0. The number of phosphoric acid groups is 4. The Labute approximate surface area is 304 Å². The third-order valence-electron chi connectivity index (χ3n) is 7.67. The average Bonchev–Trinajstić information content (AvgIpc) is 3.83. The maximum absolute atomic E-state index is 11.8. The Bertz CT molecular complexity index is 2070. The van der Waals surface area contributed by atoms with E-state index in [0.29, 0.717) is 0 Å². The van der Waals surface area contributed by atoms with Gasteiger partial charge >= 0.3 is 31.3 Å². The minimum Gasteiger partial charge on any atom is -0.387 e. The molecule has 6 heterocycles. The molecule has 55 heavy (non-hydrogen) atoms. The molecule has 2 fully saturated rings. The number of nitrogens with zero attached hydrogens (tertiary/aromatic N) is 8. The predicted octanol–water partition coefficient (Wildman–Crippen LogP) is -2.86. The smallest absolute Gasteiger partial charge is 0.387 e. The van der Waals surface area contributed by atoms with Gasteiger partial charge in [-0.25, -0.2) is 48.2 Å². The van der Waals surface area contributed by atoms with Crippen LogP contribution in [-0.2, 0) is 45.4 Å². The maximum atomic E-state index is 11.8. The highest BCUT2D eigenvalue weighted by Gasteiger charge is 2.47. The normalized spacial score (nSPS) is 28.4. The van der Waals surface area contributed by atoms with E-state index in [-0.39, 0.29) is 40.6 Å². The predicted molar refractivity (Wildman–Crippen MR) is 172 cm³/mol. The number of fused-ring (bicyclic) bond motifs is 2. The molecular formula is C21H30N10O20P4. The van der Waals surface area contributed by atoms with Crippen LogP contribution >= 0.6 is 31.3 Å². The van der Waals surface area contributed by atoms with E-state index in [1.54, 1.807) is 0 Å². The van der Waals surface area contributed by atoms with Gasteiger partial charge in [0.2, 0.25) is 0 Å². The van der Waals surface area contributed by atoms with E-state index in [1.165, 1.54) is 21.8 Å². The Morgan fingerprint density at radius 3 is 1.35 bits per heavy atom. The number of imidazole rings is 2. The number of rotatable bonds is 16. The SMILES string of the molecule is O=P(O)(O)OP(=O)(O)OC[C@H]1O[C@@H](n2cnc3c(NCNc4ncnc5c4ncn5[C@@H]4O[C@H](COP(=O)(O)OP(=O)(O)O)[C@@H](O)[C@H]4O)ncnc32)[C@H](O)[C@@H]1O. The number of aromatic nitrogens is 8. The van der Waals surface area contributed by atoms with Gasteiger partial charge in [-0.15, -0.1) is 0 Å². The maximum Gasteiger partial charge on any atom is 0.481 e.